The maximum absolute atomic E-state index is 12.3. The molecule has 14 heavy (non-hydrogen) atoms. The van der Waals surface area contributed by atoms with Crippen molar-refractivity contribution >= 4 is 13.7 Å². The molecule has 0 aromatic heterocycles. The van der Waals surface area contributed by atoms with E-state index in [1.54, 1.807) is 7.11 Å². The molecule has 0 amide bonds. The molecule has 0 spiro atoms. The predicted octanol–water partition coefficient (Wildman–Crippen LogP) is 2.21. The molecule has 0 saturated carbocycles. The molecular weight excluding hydrogens is 192 g/mol. The van der Waals surface area contributed by atoms with Crippen molar-refractivity contribution in [2.75, 3.05) is 7.11 Å². The summed E-state index contributed by atoms with van der Waals surface area (Å²) >= 11 is 0. The third-order valence-electron chi connectivity index (χ3n) is 2.40. The summed E-state index contributed by atoms with van der Waals surface area (Å²) in [5.41, 5.74) is 0. The van der Waals surface area contributed by atoms with Crippen LogP contribution >= 0.6 is 0 Å². The van der Waals surface area contributed by atoms with Crippen molar-refractivity contribution in [3.8, 4) is 0 Å². The molecule has 1 aromatic rings. The molecule has 1 unspecified atom stereocenters. The fourth-order valence-corrected chi connectivity index (χ4v) is 3.71. The molecule has 0 N–H and O–H groups in total. The Balaban J connectivity index is 2.79. The highest BCUT2D eigenvalue weighted by atomic mass is 28.4. The van der Waals surface area contributed by atoms with Crippen LogP contribution in [0.25, 0.3) is 0 Å². The molecule has 0 aliphatic rings. The minimum absolute atomic E-state index is 0.671. The molecule has 3 heteroatoms. The van der Waals surface area contributed by atoms with Gasteiger partial charge in [0, 0.05) is 7.11 Å². The van der Waals surface area contributed by atoms with E-state index in [0.29, 0.717) is 6.04 Å². The van der Waals surface area contributed by atoms with Gasteiger partial charge in [-0.3, -0.25) is 4.80 Å². The minimum atomic E-state index is -2.87. The summed E-state index contributed by atoms with van der Waals surface area (Å²) in [5, 5.41) is 0.857. The summed E-state index contributed by atoms with van der Waals surface area (Å²) in [6.07, 6.45) is 2.01. The van der Waals surface area contributed by atoms with E-state index in [1.165, 1.54) is 0 Å². The van der Waals surface area contributed by atoms with Gasteiger partial charge in [0.15, 0.2) is 0 Å². The highest BCUT2D eigenvalue weighted by Crippen LogP contribution is 2.12. The van der Waals surface area contributed by atoms with Gasteiger partial charge in [0.1, 0.15) is 0 Å². The van der Waals surface area contributed by atoms with E-state index in [1.807, 2.05) is 30.3 Å². The standard InChI is InChI=1S/C11H17O2Si/c1-3-4-10-14(12,13-2)11-8-6-5-7-9-11/h5-9H,3-4,10H2,1-2H3. The topological polar surface area (TPSA) is 29.1 Å². The molecule has 0 saturated heterocycles. The van der Waals surface area contributed by atoms with Crippen LogP contribution in [0.15, 0.2) is 30.3 Å². The van der Waals surface area contributed by atoms with Crippen LogP contribution in [-0.2, 0) is 9.22 Å². The Morgan fingerprint density at radius 1 is 1.29 bits per heavy atom. The second-order valence-electron chi connectivity index (χ2n) is 3.43. The first kappa shape index (κ1) is 11.4. The fraction of sp³-hybridized carbons (Fsp3) is 0.455. The predicted molar refractivity (Wildman–Crippen MR) is 59.2 cm³/mol. The first-order valence-electron chi connectivity index (χ1n) is 5.04. The number of rotatable bonds is 5. The molecule has 0 aliphatic carbocycles. The average Bonchev–Trinajstić information content (AvgIpc) is 2.27. The molecule has 0 fully saturated rings. The second kappa shape index (κ2) is 5.29. The van der Waals surface area contributed by atoms with Crippen molar-refractivity contribution in [3.05, 3.63) is 30.3 Å². The van der Waals surface area contributed by atoms with Gasteiger partial charge in [-0.25, -0.2) is 0 Å². The van der Waals surface area contributed by atoms with Crippen LogP contribution in [0.3, 0.4) is 0 Å². The van der Waals surface area contributed by atoms with Gasteiger partial charge in [-0.05, 0) is 11.2 Å². The Kier molecular flexibility index (Phi) is 4.32. The van der Waals surface area contributed by atoms with Crippen molar-refractivity contribution in [1.82, 2.24) is 0 Å². The van der Waals surface area contributed by atoms with Gasteiger partial charge in [0.05, 0.1) is 0 Å². The summed E-state index contributed by atoms with van der Waals surface area (Å²) in [7, 11) is -1.33. The van der Waals surface area contributed by atoms with E-state index in [0.717, 1.165) is 18.0 Å². The highest BCUT2D eigenvalue weighted by molar-refractivity contribution is 6.79. The molecule has 2 nitrogen and oxygen atoms in total. The van der Waals surface area contributed by atoms with Gasteiger partial charge >= 0.3 is 8.56 Å². The second-order valence-corrected chi connectivity index (χ2v) is 6.42. The summed E-state index contributed by atoms with van der Waals surface area (Å²) in [5.74, 6) is 0. The lowest BCUT2D eigenvalue weighted by atomic mass is 10.4. The summed E-state index contributed by atoms with van der Waals surface area (Å²) in [6.45, 7) is 2.09. The minimum Gasteiger partial charge on any atom is -0.393 e. The van der Waals surface area contributed by atoms with Crippen LogP contribution < -0.4 is 5.19 Å². The van der Waals surface area contributed by atoms with Crippen molar-refractivity contribution in [3.63, 3.8) is 0 Å². The van der Waals surface area contributed by atoms with Gasteiger partial charge in [-0.2, -0.15) is 0 Å². The molecule has 1 radical (unpaired) electrons. The molecule has 1 aromatic carbocycles. The van der Waals surface area contributed by atoms with E-state index in [-0.39, 0.29) is 0 Å². The Bertz CT molecular complexity index is 263. The van der Waals surface area contributed by atoms with Crippen LogP contribution in [0, 0.1) is 0 Å². The van der Waals surface area contributed by atoms with E-state index in [4.69, 9.17) is 4.43 Å². The van der Waals surface area contributed by atoms with Crippen molar-refractivity contribution in [2.24, 2.45) is 0 Å². The molecule has 0 bridgehead atoms. The zero-order valence-corrected chi connectivity index (χ0v) is 9.82. The SMILES string of the molecule is CCCC[Si]([O])(OC)c1ccccc1. The van der Waals surface area contributed by atoms with Crippen LogP contribution in [0.4, 0.5) is 0 Å². The third kappa shape index (κ3) is 2.67. The number of hydrogen-bond donors (Lipinski definition) is 0. The zero-order valence-electron chi connectivity index (χ0n) is 8.82. The van der Waals surface area contributed by atoms with Crippen molar-refractivity contribution < 1.29 is 9.22 Å². The van der Waals surface area contributed by atoms with Gasteiger partial charge in [0.2, 0.25) is 0 Å². The molecule has 77 valence electrons. The lowest BCUT2D eigenvalue weighted by Crippen LogP contribution is -2.48. The van der Waals surface area contributed by atoms with E-state index in [9.17, 15) is 4.80 Å². The van der Waals surface area contributed by atoms with Crippen LogP contribution in [-0.4, -0.2) is 15.7 Å². The maximum atomic E-state index is 12.3. The lowest BCUT2D eigenvalue weighted by Gasteiger charge is -2.20. The lowest BCUT2D eigenvalue weighted by molar-refractivity contribution is 0.257. The molecule has 1 atom stereocenters. The Morgan fingerprint density at radius 2 is 1.93 bits per heavy atom. The summed E-state index contributed by atoms with van der Waals surface area (Å²) in [6, 6.07) is 10.2. The largest absolute Gasteiger partial charge is 0.405 e. The monoisotopic (exact) mass is 209 g/mol. The van der Waals surface area contributed by atoms with Gasteiger partial charge in [-0.1, -0.05) is 50.1 Å². The normalized spacial score (nSPS) is 15.1. The number of benzene rings is 1. The van der Waals surface area contributed by atoms with E-state index >= 15 is 0 Å². The van der Waals surface area contributed by atoms with Crippen LogP contribution in [0.5, 0.6) is 0 Å². The molecule has 0 heterocycles. The number of unbranched alkanes of at least 4 members (excludes halogenated alkanes) is 1. The number of hydrogen-bond acceptors (Lipinski definition) is 1. The maximum Gasteiger partial charge on any atom is 0.405 e. The molecule has 0 aliphatic heterocycles. The van der Waals surface area contributed by atoms with Gasteiger partial charge < -0.3 is 4.43 Å². The van der Waals surface area contributed by atoms with Crippen LogP contribution in [0.2, 0.25) is 6.04 Å². The molecular formula is C11H17O2Si. The summed E-state index contributed by atoms with van der Waals surface area (Å²) < 4.78 is 5.21. The van der Waals surface area contributed by atoms with Crippen molar-refractivity contribution in [2.45, 2.75) is 25.8 Å². The van der Waals surface area contributed by atoms with Crippen LogP contribution in [0.1, 0.15) is 19.8 Å². The molecule has 1 rings (SSSR count). The first-order valence-corrected chi connectivity index (χ1v) is 7.06. The van der Waals surface area contributed by atoms with Gasteiger partial charge in [0.25, 0.3) is 0 Å². The Morgan fingerprint density at radius 3 is 2.43 bits per heavy atom. The smallest absolute Gasteiger partial charge is 0.393 e. The zero-order chi connectivity index (χ0) is 10.4. The fourth-order valence-electron chi connectivity index (χ4n) is 1.47. The quantitative estimate of drug-likeness (QED) is 0.684. The summed E-state index contributed by atoms with van der Waals surface area (Å²) in [4.78, 5) is 12.3. The Hall–Kier alpha value is -0.643. The third-order valence-corrected chi connectivity index (χ3v) is 5.29. The van der Waals surface area contributed by atoms with E-state index < -0.39 is 8.56 Å². The first-order chi connectivity index (χ1) is 6.73. The average molecular weight is 209 g/mol. The Labute approximate surface area is 86.8 Å². The van der Waals surface area contributed by atoms with Gasteiger partial charge in [-0.15, -0.1) is 0 Å². The highest BCUT2D eigenvalue weighted by Gasteiger charge is 2.36. The van der Waals surface area contributed by atoms with Crippen molar-refractivity contribution in [1.29, 1.82) is 0 Å². The van der Waals surface area contributed by atoms with E-state index in [2.05, 4.69) is 6.92 Å².